The quantitative estimate of drug-likeness (QED) is 0.769. The van der Waals surface area contributed by atoms with Gasteiger partial charge in [0.25, 0.3) is 5.91 Å². The average Bonchev–Trinajstić information content (AvgIpc) is 2.38. The molecule has 1 aromatic heterocycles. The number of carbonyl (C=O) groups excluding carboxylic acids is 2. The molecule has 1 heterocycles. The lowest BCUT2D eigenvalue weighted by Gasteiger charge is -2.20. The summed E-state index contributed by atoms with van der Waals surface area (Å²) in [6.45, 7) is 2.12. The van der Waals surface area contributed by atoms with Crippen LogP contribution in [0.1, 0.15) is 23.7 Å². The third kappa shape index (κ3) is 3.44. The summed E-state index contributed by atoms with van der Waals surface area (Å²) < 4.78 is 4.52. The van der Waals surface area contributed by atoms with Crippen LogP contribution >= 0.6 is 0 Å². The Morgan fingerprint density at radius 2 is 2.17 bits per heavy atom. The van der Waals surface area contributed by atoms with Crippen molar-refractivity contribution in [2.45, 2.75) is 13.3 Å². The molecule has 0 radical (unpaired) electrons. The Labute approximate surface area is 105 Å². The van der Waals surface area contributed by atoms with Crippen molar-refractivity contribution in [3.63, 3.8) is 0 Å². The Kier molecular flexibility index (Phi) is 5.10. The van der Waals surface area contributed by atoms with Crippen molar-refractivity contribution in [2.24, 2.45) is 0 Å². The second-order valence-corrected chi connectivity index (χ2v) is 3.73. The van der Waals surface area contributed by atoms with E-state index in [0.717, 1.165) is 0 Å². The summed E-state index contributed by atoms with van der Waals surface area (Å²) in [5, 5.41) is 0. The third-order valence-corrected chi connectivity index (χ3v) is 2.38. The van der Waals surface area contributed by atoms with Gasteiger partial charge in [0.15, 0.2) is 5.43 Å². The maximum absolute atomic E-state index is 12.1. The Balaban J connectivity index is 2.92. The van der Waals surface area contributed by atoms with E-state index in [2.05, 4.69) is 9.72 Å². The van der Waals surface area contributed by atoms with Gasteiger partial charge in [0.2, 0.25) is 0 Å². The molecule has 0 aliphatic carbocycles. The van der Waals surface area contributed by atoms with Crippen molar-refractivity contribution in [1.29, 1.82) is 0 Å². The molecule has 18 heavy (non-hydrogen) atoms. The van der Waals surface area contributed by atoms with Crippen molar-refractivity contribution in [3.05, 3.63) is 34.2 Å². The zero-order chi connectivity index (χ0) is 13.5. The summed E-state index contributed by atoms with van der Waals surface area (Å²) in [5.41, 5.74) is -0.348. The number of aromatic amines is 1. The number of methoxy groups -OCH3 is 1. The van der Waals surface area contributed by atoms with Crippen LogP contribution in [-0.4, -0.2) is 42.0 Å². The van der Waals surface area contributed by atoms with Crippen molar-refractivity contribution in [1.82, 2.24) is 9.88 Å². The number of rotatable bonds is 5. The van der Waals surface area contributed by atoms with Gasteiger partial charge < -0.3 is 14.6 Å². The largest absolute Gasteiger partial charge is 0.468 e. The van der Waals surface area contributed by atoms with E-state index >= 15 is 0 Å². The summed E-state index contributed by atoms with van der Waals surface area (Å²) in [6, 6.07) is 1.27. The van der Waals surface area contributed by atoms with Gasteiger partial charge in [0, 0.05) is 25.0 Å². The van der Waals surface area contributed by atoms with Gasteiger partial charge in [0.1, 0.15) is 12.1 Å². The number of aromatic nitrogens is 1. The zero-order valence-corrected chi connectivity index (χ0v) is 10.4. The van der Waals surface area contributed by atoms with E-state index in [1.807, 2.05) is 6.92 Å². The molecule has 1 rings (SSSR count). The van der Waals surface area contributed by atoms with Crippen LogP contribution < -0.4 is 5.43 Å². The number of carbonyl (C=O) groups is 2. The topological polar surface area (TPSA) is 79.5 Å². The molecule has 1 amide bonds. The first-order chi connectivity index (χ1) is 8.60. The third-order valence-electron chi connectivity index (χ3n) is 2.38. The standard InChI is InChI=1S/C12H16N2O4/c1-3-6-14(8-11(16)18-2)12(17)9-7-13-5-4-10(9)15/h4-5,7H,3,6,8H2,1-2H3,(H,13,15). The molecule has 0 aliphatic heterocycles. The minimum absolute atomic E-state index is 0.0230. The first kappa shape index (κ1) is 14.0. The maximum atomic E-state index is 12.1. The summed E-state index contributed by atoms with van der Waals surface area (Å²) in [7, 11) is 1.26. The molecule has 0 unspecified atom stereocenters. The minimum Gasteiger partial charge on any atom is -0.468 e. The van der Waals surface area contributed by atoms with Crippen molar-refractivity contribution in [2.75, 3.05) is 20.2 Å². The fourth-order valence-corrected chi connectivity index (χ4v) is 1.50. The molecule has 1 N–H and O–H groups in total. The Hall–Kier alpha value is -2.11. The van der Waals surface area contributed by atoms with Crippen molar-refractivity contribution >= 4 is 11.9 Å². The lowest BCUT2D eigenvalue weighted by molar-refractivity contribution is -0.141. The second kappa shape index (κ2) is 6.58. The minimum atomic E-state index is -0.510. The highest BCUT2D eigenvalue weighted by atomic mass is 16.5. The zero-order valence-electron chi connectivity index (χ0n) is 10.4. The average molecular weight is 252 g/mol. The van der Waals surface area contributed by atoms with Gasteiger partial charge in [0.05, 0.1) is 7.11 Å². The lowest BCUT2D eigenvalue weighted by atomic mass is 10.2. The fourth-order valence-electron chi connectivity index (χ4n) is 1.50. The van der Waals surface area contributed by atoms with E-state index in [0.29, 0.717) is 13.0 Å². The van der Waals surface area contributed by atoms with Gasteiger partial charge in [-0.2, -0.15) is 0 Å². The molecule has 0 aromatic carbocycles. The second-order valence-electron chi connectivity index (χ2n) is 3.73. The van der Waals surface area contributed by atoms with Gasteiger partial charge >= 0.3 is 5.97 Å². The molecule has 0 bridgehead atoms. The van der Waals surface area contributed by atoms with Crippen LogP contribution in [0.25, 0.3) is 0 Å². The smallest absolute Gasteiger partial charge is 0.325 e. The van der Waals surface area contributed by atoms with E-state index in [9.17, 15) is 14.4 Å². The van der Waals surface area contributed by atoms with Gasteiger partial charge in [-0.3, -0.25) is 14.4 Å². The van der Waals surface area contributed by atoms with Crippen molar-refractivity contribution in [3.8, 4) is 0 Å². The fraction of sp³-hybridized carbons (Fsp3) is 0.417. The first-order valence-corrected chi connectivity index (χ1v) is 5.63. The highest BCUT2D eigenvalue weighted by Gasteiger charge is 2.20. The maximum Gasteiger partial charge on any atom is 0.325 e. The number of pyridine rings is 1. The molecule has 0 spiro atoms. The Morgan fingerprint density at radius 3 is 2.72 bits per heavy atom. The molecule has 0 atom stereocenters. The van der Waals surface area contributed by atoms with Crippen LogP contribution in [-0.2, 0) is 9.53 Å². The van der Waals surface area contributed by atoms with E-state index in [4.69, 9.17) is 0 Å². The van der Waals surface area contributed by atoms with Gasteiger partial charge in [-0.15, -0.1) is 0 Å². The highest BCUT2D eigenvalue weighted by molar-refractivity contribution is 5.95. The number of hydrogen-bond donors (Lipinski definition) is 1. The molecule has 0 saturated heterocycles. The monoisotopic (exact) mass is 252 g/mol. The molecule has 6 heteroatoms. The molecule has 0 aliphatic rings. The highest BCUT2D eigenvalue weighted by Crippen LogP contribution is 2.01. The van der Waals surface area contributed by atoms with E-state index in [1.165, 1.54) is 30.5 Å². The molecule has 1 aromatic rings. The summed E-state index contributed by atoms with van der Waals surface area (Å²) in [5.74, 6) is -0.978. The number of ether oxygens (including phenoxy) is 1. The van der Waals surface area contributed by atoms with E-state index in [1.54, 1.807) is 0 Å². The summed E-state index contributed by atoms with van der Waals surface area (Å²) in [4.78, 5) is 38.8. The molecular weight excluding hydrogens is 236 g/mol. The molecule has 6 nitrogen and oxygen atoms in total. The summed E-state index contributed by atoms with van der Waals surface area (Å²) >= 11 is 0. The van der Waals surface area contributed by atoms with Crippen LogP contribution in [0.5, 0.6) is 0 Å². The van der Waals surface area contributed by atoms with E-state index in [-0.39, 0.29) is 17.5 Å². The Bertz CT molecular complexity index is 481. The number of amides is 1. The van der Waals surface area contributed by atoms with Crippen molar-refractivity contribution < 1.29 is 14.3 Å². The number of nitrogens with zero attached hydrogens (tertiary/aromatic N) is 1. The van der Waals surface area contributed by atoms with Crippen LogP contribution in [0, 0.1) is 0 Å². The van der Waals surface area contributed by atoms with Gasteiger partial charge in [-0.05, 0) is 6.42 Å². The predicted molar refractivity (Wildman–Crippen MR) is 65.3 cm³/mol. The molecular formula is C12H16N2O4. The number of H-pyrrole nitrogens is 1. The van der Waals surface area contributed by atoms with Crippen LogP contribution in [0.3, 0.4) is 0 Å². The number of nitrogens with one attached hydrogen (secondary N) is 1. The van der Waals surface area contributed by atoms with Crippen LogP contribution in [0.15, 0.2) is 23.3 Å². The molecule has 98 valence electrons. The lowest BCUT2D eigenvalue weighted by Crippen LogP contribution is -2.38. The molecule has 0 fully saturated rings. The summed E-state index contributed by atoms with van der Waals surface area (Å²) in [6.07, 6.45) is 3.47. The van der Waals surface area contributed by atoms with Gasteiger partial charge in [-0.25, -0.2) is 0 Å². The normalized spacial score (nSPS) is 9.89. The van der Waals surface area contributed by atoms with Gasteiger partial charge in [-0.1, -0.05) is 6.92 Å². The van der Waals surface area contributed by atoms with Crippen LogP contribution in [0.2, 0.25) is 0 Å². The van der Waals surface area contributed by atoms with E-state index < -0.39 is 11.9 Å². The number of esters is 1. The molecule has 0 saturated carbocycles. The Morgan fingerprint density at radius 1 is 1.44 bits per heavy atom. The predicted octanol–water partition coefficient (Wildman–Crippen LogP) is 0.400. The number of hydrogen-bond acceptors (Lipinski definition) is 4. The first-order valence-electron chi connectivity index (χ1n) is 5.63. The SMILES string of the molecule is CCCN(CC(=O)OC)C(=O)c1c[nH]ccc1=O. The van der Waals surface area contributed by atoms with Crippen LogP contribution in [0.4, 0.5) is 0 Å².